The van der Waals surface area contributed by atoms with Crippen molar-refractivity contribution in [3.8, 4) is 0 Å². The van der Waals surface area contributed by atoms with E-state index in [1.54, 1.807) is 13.0 Å². The zero-order valence-corrected chi connectivity index (χ0v) is 17.1. The molecule has 0 bridgehead atoms. The van der Waals surface area contributed by atoms with E-state index in [1.165, 1.54) is 5.56 Å². The van der Waals surface area contributed by atoms with Crippen LogP contribution in [0, 0.1) is 12.8 Å². The smallest absolute Gasteiger partial charge is 0.322 e. The molecule has 0 aliphatic heterocycles. The molecule has 2 amide bonds. The molecule has 3 aromatic rings. The number of hydrogen-bond acceptors (Lipinski definition) is 8. The summed E-state index contributed by atoms with van der Waals surface area (Å²) < 4.78 is 10.3. The molecule has 0 radical (unpaired) electrons. The van der Waals surface area contributed by atoms with Crippen molar-refractivity contribution in [1.29, 1.82) is 0 Å². The molecule has 1 fully saturated rings. The average molecular weight is 424 g/mol. The van der Waals surface area contributed by atoms with Crippen molar-refractivity contribution in [2.45, 2.75) is 44.9 Å². The summed E-state index contributed by atoms with van der Waals surface area (Å²) in [4.78, 5) is 23.5. The van der Waals surface area contributed by atoms with Crippen molar-refractivity contribution in [2.75, 3.05) is 10.6 Å². The van der Waals surface area contributed by atoms with Crippen LogP contribution in [0.3, 0.4) is 0 Å². The molecule has 1 saturated carbocycles. The highest BCUT2D eigenvalue weighted by Gasteiger charge is 2.23. The second-order valence-corrected chi connectivity index (χ2v) is 7.83. The van der Waals surface area contributed by atoms with Crippen LogP contribution in [0.4, 0.5) is 17.6 Å². The summed E-state index contributed by atoms with van der Waals surface area (Å²) in [6.07, 6.45) is 4.56. The number of carbonyl (C=O) groups excluding carboxylic acids is 2. The standard InChI is InChI=1S/C21H24N6O4/c1-12-10-18(31-27-12)24-21-26-25-20(30-21)19(29)23-16-8-6-15(7-9-16)14-4-2-13(3-5-14)11-17(22)28/h6-10,13-14H,2-5,11H2,1H3,(H2,22,28)(H,23,29)(H,24,26). The molecule has 0 saturated heterocycles. The number of carbonyl (C=O) groups is 2. The molecule has 2 heterocycles. The molecular formula is C21H24N6O4. The van der Waals surface area contributed by atoms with Crippen LogP contribution in [-0.4, -0.2) is 27.2 Å². The van der Waals surface area contributed by atoms with Crippen LogP contribution in [0.2, 0.25) is 0 Å². The van der Waals surface area contributed by atoms with Gasteiger partial charge in [-0.3, -0.25) is 14.9 Å². The summed E-state index contributed by atoms with van der Waals surface area (Å²) in [6.45, 7) is 1.78. The van der Waals surface area contributed by atoms with Gasteiger partial charge in [0.2, 0.25) is 11.8 Å². The molecule has 162 valence electrons. The Bertz CT molecular complexity index is 1050. The van der Waals surface area contributed by atoms with Gasteiger partial charge < -0.3 is 20.0 Å². The second-order valence-electron chi connectivity index (χ2n) is 7.83. The van der Waals surface area contributed by atoms with Gasteiger partial charge in [-0.25, -0.2) is 0 Å². The number of anilines is 3. The van der Waals surface area contributed by atoms with Gasteiger partial charge in [-0.1, -0.05) is 22.4 Å². The van der Waals surface area contributed by atoms with Crippen LogP contribution in [0.15, 0.2) is 39.3 Å². The number of aryl methyl sites for hydroxylation is 1. The van der Waals surface area contributed by atoms with E-state index in [-0.39, 0.29) is 17.8 Å². The SMILES string of the molecule is Cc1cc(Nc2nnc(C(=O)Nc3ccc(C4CCC(CC(N)=O)CC4)cc3)o2)on1. The Labute approximate surface area is 178 Å². The van der Waals surface area contributed by atoms with Gasteiger partial charge in [0, 0.05) is 18.2 Å². The third-order valence-electron chi connectivity index (χ3n) is 5.45. The maximum atomic E-state index is 12.4. The second kappa shape index (κ2) is 8.99. The number of nitrogens with zero attached hydrogens (tertiary/aromatic N) is 3. The molecule has 10 heteroatoms. The molecule has 4 N–H and O–H groups in total. The van der Waals surface area contributed by atoms with Crippen molar-refractivity contribution >= 4 is 29.4 Å². The summed E-state index contributed by atoms with van der Waals surface area (Å²) in [5, 5.41) is 16.8. The number of nitrogens with one attached hydrogen (secondary N) is 2. The van der Waals surface area contributed by atoms with E-state index >= 15 is 0 Å². The molecule has 4 rings (SSSR count). The zero-order chi connectivity index (χ0) is 21.8. The van der Waals surface area contributed by atoms with Gasteiger partial charge in [-0.05, 0) is 62.1 Å². The maximum absolute atomic E-state index is 12.4. The van der Waals surface area contributed by atoms with Crippen LogP contribution in [0.5, 0.6) is 0 Å². The lowest BCUT2D eigenvalue weighted by atomic mass is 9.77. The topological polar surface area (TPSA) is 149 Å². The normalized spacial score (nSPS) is 18.5. The molecule has 1 aliphatic carbocycles. The Balaban J connectivity index is 1.31. The quantitative estimate of drug-likeness (QED) is 0.521. The van der Waals surface area contributed by atoms with Crippen molar-refractivity contribution in [3.05, 3.63) is 47.5 Å². The highest BCUT2D eigenvalue weighted by Crippen LogP contribution is 2.37. The Morgan fingerprint density at radius 1 is 1.13 bits per heavy atom. The predicted molar refractivity (Wildman–Crippen MR) is 112 cm³/mol. The van der Waals surface area contributed by atoms with E-state index < -0.39 is 5.91 Å². The molecule has 0 atom stereocenters. The first kappa shape index (κ1) is 20.6. The van der Waals surface area contributed by atoms with E-state index in [2.05, 4.69) is 26.0 Å². The van der Waals surface area contributed by atoms with E-state index in [0.717, 1.165) is 25.7 Å². The summed E-state index contributed by atoms with van der Waals surface area (Å²) in [6, 6.07) is 9.44. The van der Waals surface area contributed by atoms with Crippen LogP contribution in [0.25, 0.3) is 0 Å². The number of hydrogen-bond donors (Lipinski definition) is 3. The molecule has 0 unspecified atom stereocenters. The predicted octanol–water partition coefficient (Wildman–Crippen LogP) is 3.51. The Kier molecular flexibility index (Phi) is 5.96. The van der Waals surface area contributed by atoms with Gasteiger partial charge in [0.15, 0.2) is 0 Å². The third-order valence-corrected chi connectivity index (χ3v) is 5.45. The maximum Gasteiger partial charge on any atom is 0.322 e. The van der Waals surface area contributed by atoms with Gasteiger partial charge >= 0.3 is 17.8 Å². The number of rotatable bonds is 7. The lowest BCUT2D eigenvalue weighted by Gasteiger charge is -2.28. The Morgan fingerprint density at radius 2 is 1.87 bits per heavy atom. The van der Waals surface area contributed by atoms with Crippen molar-refractivity contribution in [2.24, 2.45) is 11.7 Å². The fourth-order valence-corrected chi connectivity index (χ4v) is 3.90. The van der Waals surface area contributed by atoms with E-state index in [4.69, 9.17) is 14.7 Å². The van der Waals surface area contributed by atoms with E-state index in [1.807, 2.05) is 24.3 Å². The Morgan fingerprint density at radius 3 is 2.52 bits per heavy atom. The summed E-state index contributed by atoms with van der Waals surface area (Å²) >= 11 is 0. The number of aromatic nitrogens is 3. The molecule has 10 nitrogen and oxygen atoms in total. The van der Waals surface area contributed by atoms with Gasteiger partial charge in [-0.15, -0.1) is 5.10 Å². The molecule has 0 spiro atoms. The zero-order valence-electron chi connectivity index (χ0n) is 17.1. The van der Waals surface area contributed by atoms with E-state index in [9.17, 15) is 9.59 Å². The van der Waals surface area contributed by atoms with Gasteiger partial charge in [0.1, 0.15) is 0 Å². The highest BCUT2D eigenvalue weighted by atomic mass is 16.5. The molecule has 2 aromatic heterocycles. The lowest BCUT2D eigenvalue weighted by molar-refractivity contribution is -0.119. The van der Waals surface area contributed by atoms with Gasteiger partial charge in [0.05, 0.1) is 5.69 Å². The van der Waals surface area contributed by atoms with Crippen LogP contribution in [-0.2, 0) is 4.79 Å². The van der Waals surface area contributed by atoms with Crippen LogP contribution >= 0.6 is 0 Å². The van der Waals surface area contributed by atoms with Crippen molar-refractivity contribution < 1.29 is 18.5 Å². The minimum atomic E-state index is -0.506. The average Bonchev–Trinajstić information content (AvgIpc) is 3.38. The van der Waals surface area contributed by atoms with Crippen LogP contribution in [0.1, 0.15) is 60.0 Å². The molecular weight excluding hydrogens is 400 g/mol. The largest absolute Gasteiger partial charge is 0.399 e. The number of primary amides is 1. The lowest BCUT2D eigenvalue weighted by Crippen LogP contribution is -2.20. The fourth-order valence-electron chi connectivity index (χ4n) is 3.90. The van der Waals surface area contributed by atoms with Crippen molar-refractivity contribution in [1.82, 2.24) is 15.4 Å². The molecule has 31 heavy (non-hydrogen) atoms. The minimum absolute atomic E-state index is 0.0311. The van der Waals surface area contributed by atoms with Gasteiger partial charge in [0.25, 0.3) is 0 Å². The summed E-state index contributed by atoms with van der Waals surface area (Å²) in [5.74, 6) is 0.296. The summed E-state index contributed by atoms with van der Waals surface area (Å²) in [5.41, 5.74) is 7.86. The first-order valence-corrected chi connectivity index (χ1v) is 10.2. The van der Waals surface area contributed by atoms with Crippen molar-refractivity contribution in [3.63, 3.8) is 0 Å². The van der Waals surface area contributed by atoms with Crippen LogP contribution < -0.4 is 16.4 Å². The minimum Gasteiger partial charge on any atom is -0.399 e. The monoisotopic (exact) mass is 424 g/mol. The number of amides is 2. The first-order chi connectivity index (χ1) is 15.0. The third kappa shape index (κ3) is 5.27. The Hall–Kier alpha value is -3.69. The summed E-state index contributed by atoms with van der Waals surface area (Å²) in [7, 11) is 0. The highest BCUT2D eigenvalue weighted by molar-refractivity contribution is 6.00. The first-order valence-electron chi connectivity index (χ1n) is 10.2. The fraction of sp³-hybridized carbons (Fsp3) is 0.381. The molecule has 1 aliphatic rings. The van der Waals surface area contributed by atoms with E-state index in [0.29, 0.717) is 35.5 Å². The molecule has 1 aromatic carbocycles. The number of benzene rings is 1. The number of nitrogens with two attached hydrogens (primary N) is 1. The van der Waals surface area contributed by atoms with Gasteiger partial charge in [-0.2, -0.15) is 0 Å².